The molecule has 0 amide bonds. The molecule has 0 aliphatic carbocycles. The Kier molecular flexibility index (Phi) is 8.95. The molecule has 14 heavy (non-hydrogen) atoms. The minimum absolute atomic E-state index is 0.00529. The Labute approximate surface area is 87.7 Å². The van der Waals surface area contributed by atoms with Crippen LogP contribution in [0.5, 0.6) is 0 Å². The van der Waals surface area contributed by atoms with Crippen LogP contribution in [0.3, 0.4) is 0 Å². The van der Waals surface area contributed by atoms with Crippen molar-refractivity contribution in [3.05, 3.63) is 0 Å². The maximum absolute atomic E-state index is 11.3. The molecule has 2 nitrogen and oxygen atoms in total. The molecule has 0 bridgehead atoms. The fourth-order valence-corrected chi connectivity index (χ4v) is 1.43. The first-order chi connectivity index (χ1) is 6.72. The van der Waals surface area contributed by atoms with Gasteiger partial charge in [0, 0.05) is 12.3 Å². The molecule has 0 aliphatic rings. The van der Waals surface area contributed by atoms with Crippen LogP contribution in [0.25, 0.3) is 0 Å². The van der Waals surface area contributed by atoms with Gasteiger partial charge in [0.15, 0.2) is 0 Å². The number of ketones is 1. The van der Waals surface area contributed by atoms with Gasteiger partial charge in [0.2, 0.25) is 0 Å². The molecule has 2 heteroatoms. The molecule has 0 spiro atoms. The largest absolute Gasteiger partial charge is 0.396 e. The first-order valence-electron chi connectivity index (χ1n) is 5.86. The van der Waals surface area contributed by atoms with E-state index >= 15 is 0 Å². The summed E-state index contributed by atoms with van der Waals surface area (Å²) in [4.78, 5) is 11.3. The van der Waals surface area contributed by atoms with Crippen molar-refractivity contribution < 1.29 is 9.90 Å². The van der Waals surface area contributed by atoms with E-state index in [0.29, 0.717) is 6.42 Å². The highest BCUT2D eigenvalue weighted by atomic mass is 16.3. The number of aliphatic hydroxyl groups is 1. The lowest BCUT2D eigenvalue weighted by Gasteiger charge is -2.05. The summed E-state index contributed by atoms with van der Waals surface area (Å²) in [6.45, 7) is 3.99. The zero-order chi connectivity index (χ0) is 10.8. The van der Waals surface area contributed by atoms with Crippen LogP contribution in [0.4, 0.5) is 0 Å². The van der Waals surface area contributed by atoms with Crippen molar-refractivity contribution in [1.29, 1.82) is 0 Å². The number of carbonyl (C=O) groups is 1. The van der Waals surface area contributed by atoms with Gasteiger partial charge in [0.1, 0.15) is 5.78 Å². The lowest BCUT2D eigenvalue weighted by atomic mass is 10.0. The van der Waals surface area contributed by atoms with Crippen molar-refractivity contribution in [3.8, 4) is 0 Å². The third-order valence-corrected chi connectivity index (χ3v) is 2.60. The maximum Gasteiger partial charge on any atom is 0.137 e. The van der Waals surface area contributed by atoms with Crippen LogP contribution in [-0.2, 0) is 4.79 Å². The SMILES string of the molecule is CCCCCCCCC(=O)C(C)CO. The van der Waals surface area contributed by atoms with Crippen molar-refractivity contribution in [2.24, 2.45) is 5.92 Å². The van der Waals surface area contributed by atoms with Crippen LogP contribution < -0.4 is 0 Å². The average Bonchev–Trinajstić information content (AvgIpc) is 2.21. The average molecular weight is 200 g/mol. The molecule has 0 aromatic heterocycles. The zero-order valence-electron chi connectivity index (χ0n) is 9.59. The summed E-state index contributed by atoms with van der Waals surface area (Å²) < 4.78 is 0. The lowest BCUT2D eigenvalue weighted by molar-refractivity contribution is -0.123. The number of hydrogen-bond donors (Lipinski definition) is 1. The Hall–Kier alpha value is -0.370. The fraction of sp³-hybridized carbons (Fsp3) is 0.917. The summed E-state index contributed by atoms with van der Waals surface area (Å²) in [5, 5.41) is 8.76. The van der Waals surface area contributed by atoms with Crippen molar-refractivity contribution in [1.82, 2.24) is 0 Å². The van der Waals surface area contributed by atoms with Crippen molar-refractivity contribution in [2.45, 2.75) is 58.8 Å². The molecular formula is C12H24O2. The van der Waals surface area contributed by atoms with E-state index < -0.39 is 0 Å². The van der Waals surface area contributed by atoms with E-state index in [-0.39, 0.29) is 18.3 Å². The molecule has 0 aliphatic heterocycles. The van der Waals surface area contributed by atoms with Crippen LogP contribution in [-0.4, -0.2) is 17.5 Å². The highest BCUT2D eigenvalue weighted by Crippen LogP contribution is 2.09. The Morgan fingerprint density at radius 1 is 1.14 bits per heavy atom. The molecule has 0 fully saturated rings. The van der Waals surface area contributed by atoms with Gasteiger partial charge in [-0.1, -0.05) is 46.0 Å². The Bertz CT molecular complexity index is 143. The summed E-state index contributed by atoms with van der Waals surface area (Å²) in [7, 11) is 0. The van der Waals surface area contributed by atoms with Crippen molar-refractivity contribution in [2.75, 3.05) is 6.61 Å². The monoisotopic (exact) mass is 200 g/mol. The van der Waals surface area contributed by atoms with E-state index in [2.05, 4.69) is 6.92 Å². The summed E-state index contributed by atoms with van der Waals surface area (Å²) in [6, 6.07) is 0. The minimum atomic E-state index is -0.161. The van der Waals surface area contributed by atoms with Crippen molar-refractivity contribution in [3.63, 3.8) is 0 Å². The van der Waals surface area contributed by atoms with Gasteiger partial charge in [0.25, 0.3) is 0 Å². The van der Waals surface area contributed by atoms with Gasteiger partial charge in [-0.3, -0.25) is 4.79 Å². The second kappa shape index (κ2) is 9.20. The molecule has 1 unspecified atom stereocenters. The number of rotatable bonds is 9. The topological polar surface area (TPSA) is 37.3 Å². The molecule has 0 aromatic carbocycles. The molecule has 0 saturated heterocycles. The molecule has 1 atom stereocenters. The van der Waals surface area contributed by atoms with Gasteiger partial charge in [-0.2, -0.15) is 0 Å². The number of Topliss-reactive ketones (excluding diaryl/α,β-unsaturated/α-hetero) is 1. The van der Waals surface area contributed by atoms with E-state index in [4.69, 9.17) is 5.11 Å². The smallest absolute Gasteiger partial charge is 0.137 e. The van der Waals surface area contributed by atoms with Crippen LogP contribution in [0, 0.1) is 5.92 Å². The minimum Gasteiger partial charge on any atom is -0.396 e. The second-order valence-electron chi connectivity index (χ2n) is 4.07. The van der Waals surface area contributed by atoms with E-state index in [0.717, 1.165) is 12.8 Å². The van der Waals surface area contributed by atoms with Crippen LogP contribution in [0.15, 0.2) is 0 Å². The predicted octanol–water partition coefficient (Wildman–Crippen LogP) is 2.93. The summed E-state index contributed by atoms with van der Waals surface area (Å²) >= 11 is 0. The molecule has 0 aromatic rings. The molecule has 1 N–H and O–H groups in total. The number of hydrogen-bond acceptors (Lipinski definition) is 2. The molecular weight excluding hydrogens is 176 g/mol. The van der Waals surface area contributed by atoms with E-state index in [1.165, 1.54) is 25.7 Å². The number of aliphatic hydroxyl groups excluding tert-OH is 1. The summed E-state index contributed by atoms with van der Waals surface area (Å²) in [6.07, 6.45) is 7.90. The highest BCUT2D eigenvalue weighted by Gasteiger charge is 2.10. The van der Waals surface area contributed by atoms with E-state index in [1.807, 2.05) is 0 Å². The Morgan fingerprint density at radius 2 is 1.71 bits per heavy atom. The number of carbonyl (C=O) groups excluding carboxylic acids is 1. The van der Waals surface area contributed by atoms with E-state index in [1.54, 1.807) is 6.92 Å². The van der Waals surface area contributed by atoms with Gasteiger partial charge in [0.05, 0.1) is 6.61 Å². The lowest BCUT2D eigenvalue weighted by Crippen LogP contribution is -2.14. The quantitative estimate of drug-likeness (QED) is 0.581. The third-order valence-electron chi connectivity index (χ3n) is 2.60. The van der Waals surface area contributed by atoms with Crippen LogP contribution in [0.1, 0.15) is 58.8 Å². The Morgan fingerprint density at radius 3 is 2.29 bits per heavy atom. The van der Waals surface area contributed by atoms with Gasteiger partial charge >= 0.3 is 0 Å². The molecule has 0 radical (unpaired) electrons. The number of unbranched alkanes of at least 4 members (excludes halogenated alkanes) is 5. The van der Waals surface area contributed by atoms with E-state index in [9.17, 15) is 4.79 Å². The maximum atomic E-state index is 11.3. The summed E-state index contributed by atoms with van der Waals surface area (Å²) in [5.41, 5.74) is 0. The van der Waals surface area contributed by atoms with Crippen molar-refractivity contribution >= 4 is 5.78 Å². The standard InChI is InChI=1S/C12H24O2/c1-3-4-5-6-7-8-9-12(14)11(2)10-13/h11,13H,3-10H2,1-2H3. The molecule has 84 valence electrons. The predicted molar refractivity (Wildman–Crippen MR) is 59.2 cm³/mol. The Balaban J connectivity index is 3.23. The third kappa shape index (κ3) is 7.07. The first kappa shape index (κ1) is 13.6. The summed E-state index contributed by atoms with van der Waals surface area (Å²) in [5.74, 6) is 0.0497. The zero-order valence-corrected chi connectivity index (χ0v) is 9.59. The van der Waals surface area contributed by atoms with Gasteiger partial charge < -0.3 is 5.11 Å². The normalized spacial score (nSPS) is 12.8. The fourth-order valence-electron chi connectivity index (χ4n) is 1.43. The first-order valence-corrected chi connectivity index (χ1v) is 5.86. The van der Waals surface area contributed by atoms with Crippen LogP contribution >= 0.6 is 0 Å². The van der Waals surface area contributed by atoms with Gasteiger partial charge in [-0.05, 0) is 6.42 Å². The highest BCUT2D eigenvalue weighted by molar-refractivity contribution is 5.80. The second-order valence-corrected chi connectivity index (χ2v) is 4.07. The van der Waals surface area contributed by atoms with Gasteiger partial charge in [-0.25, -0.2) is 0 Å². The van der Waals surface area contributed by atoms with Gasteiger partial charge in [-0.15, -0.1) is 0 Å². The molecule has 0 heterocycles. The molecule has 0 saturated carbocycles. The van der Waals surface area contributed by atoms with Crippen LogP contribution in [0.2, 0.25) is 0 Å². The molecule has 0 rings (SSSR count).